The molecule has 2 amide bonds. The summed E-state index contributed by atoms with van der Waals surface area (Å²) in [6.45, 7) is -0.274. The maximum Gasteiger partial charge on any atom is 0.416 e. The molecule has 9 heteroatoms. The second-order valence-corrected chi connectivity index (χ2v) is 6.89. The van der Waals surface area contributed by atoms with Crippen LogP contribution in [0, 0.1) is 0 Å². The largest absolute Gasteiger partial charge is 0.478 e. The first-order valence-corrected chi connectivity index (χ1v) is 8.71. The lowest BCUT2D eigenvalue weighted by atomic mass is 10.1. The van der Waals surface area contributed by atoms with Crippen LogP contribution in [0.2, 0.25) is 0 Å². The molecule has 0 atom stereocenters. The Morgan fingerprint density at radius 1 is 1.11 bits per heavy atom. The van der Waals surface area contributed by atoms with Gasteiger partial charge in [-0.05, 0) is 53.2 Å². The third-order valence-electron chi connectivity index (χ3n) is 3.92. The van der Waals surface area contributed by atoms with E-state index in [0.29, 0.717) is 17.3 Å². The molecule has 3 rings (SSSR count). The molecule has 1 aliphatic rings. The minimum Gasteiger partial charge on any atom is -0.478 e. The molecule has 1 fully saturated rings. The van der Waals surface area contributed by atoms with Gasteiger partial charge >= 0.3 is 12.1 Å². The first-order valence-electron chi connectivity index (χ1n) is 7.90. The molecule has 2 aromatic rings. The van der Waals surface area contributed by atoms with Crippen molar-refractivity contribution in [2.24, 2.45) is 0 Å². The molecular weight excluding hydrogens is 395 g/mol. The maximum absolute atomic E-state index is 12.8. The van der Waals surface area contributed by atoms with Gasteiger partial charge in [-0.15, -0.1) is 0 Å². The molecule has 0 radical (unpaired) electrons. The van der Waals surface area contributed by atoms with Crippen molar-refractivity contribution in [2.75, 3.05) is 0 Å². The predicted octanol–water partition coefficient (Wildman–Crippen LogP) is 4.64. The van der Waals surface area contributed by atoms with Gasteiger partial charge in [-0.1, -0.05) is 24.3 Å². The topological polar surface area (TPSA) is 74.7 Å². The molecular formula is C19H12F3NO4S. The third-order valence-corrected chi connectivity index (χ3v) is 4.83. The Balaban J connectivity index is 1.79. The van der Waals surface area contributed by atoms with Crippen LogP contribution in [0.4, 0.5) is 18.0 Å². The number of hydrogen-bond acceptors (Lipinski definition) is 4. The van der Waals surface area contributed by atoms with Crippen molar-refractivity contribution in [1.82, 2.24) is 4.90 Å². The quantitative estimate of drug-likeness (QED) is 0.748. The van der Waals surface area contributed by atoms with Crippen LogP contribution < -0.4 is 0 Å². The highest BCUT2D eigenvalue weighted by Gasteiger charge is 2.36. The first kappa shape index (κ1) is 19.7. The summed E-state index contributed by atoms with van der Waals surface area (Å²) >= 11 is 0.676. The van der Waals surface area contributed by atoms with E-state index in [0.717, 1.165) is 17.0 Å². The Morgan fingerprint density at radius 3 is 2.39 bits per heavy atom. The number of nitrogens with zero attached hydrogens (tertiary/aromatic N) is 1. The molecule has 5 nitrogen and oxygen atoms in total. The second kappa shape index (κ2) is 7.51. The van der Waals surface area contributed by atoms with E-state index in [9.17, 15) is 27.6 Å². The average Bonchev–Trinajstić information content (AvgIpc) is 2.89. The lowest BCUT2D eigenvalue weighted by molar-refractivity contribution is -0.137. The number of imide groups is 1. The maximum atomic E-state index is 12.8. The van der Waals surface area contributed by atoms with Crippen molar-refractivity contribution in [3.05, 3.63) is 75.7 Å². The zero-order valence-electron chi connectivity index (χ0n) is 14.1. The number of benzene rings is 2. The summed E-state index contributed by atoms with van der Waals surface area (Å²) in [5, 5.41) is 8.30. The first-order chi connectivity index (χ1) is 13.1. The highest BCUT2D eigenvalue weighted by Crippen LogP contribution is 2.34. The summed E-state index contributed by atoms with van der Waals surface area (Å²) in [5.74, 6) is -1.71. The average molecular weight is 407 g/mol. The van der Waals surface area contributed by atoms with E-state index in [1.54, 1.807) is 0 Å². The minimum atomic E-state index is -4.52. The van der Waals surface area contributed by atoms with Crippen molar-refractivity contribution in [3.8, 4) is 0 Å². The van der Waals surface area contributed by atoms with E-state index >= 15 is 0 Å². The fourth-order valence-electron chi connectivity index (χ4n) is 2.54. The molecule has 144 valence electrons. The number of carboxylic acids is 1. The van der Waals surface area contributed by atoms with E-state index in [4.69, 9.17) is 5.11 Å². The summed E-state index contributed by atoms with van der Waals surface area (Å²) in [6, 6.07) is 10.1. The van der Waals surface area contributed by atoms with E-state index in [1.165, 1.54) is 42.5 Å². The number of carbonyl (C=O) groups is 3. The summed E-state index contributed by atoms with van der Waals surface area (Å²) < 4.78 is 38.5. The van der Waals surface area contributed by atoms with Crippen molar-refractivity contribution >= 4 is 35.0 Å². The highest BCUT2D eigenvalue weighted by molar-refractivity contribution is 8.18. The molecule has 1 saturated heterocycles. The van der Waals surface area contributed by atoms with Crippen LogP contribution in [0.1, 0.15) is 27.0 Å². The van der Waals surface area contributed by atoms with Crippen LogP contribution >= 0.6 is 11.8 Å². The van der Waals surface area contributed by atoms with Gasteiger partial charge in [0.15, 0.2) is 0 Å². The number of halogens is 3. The van der Waals surface area contributed by atoms with Crippen molar-refractivity contribution in [2.45, 2.75) is 12.7 Å². The van der Waals surface area contributed by atoms with Crippen LogP contribution in [-0.4, -0.2) is 27.1 Å². The highest BCUT2D eigenvalue weighted by atomic mass is 32.2. The molecule has 0 unspecified atom stereocenters. The van der Waals surface area contributed by atoms with Crippen molar-refractivity contribution in [3.63, 3.8) is 0 Å². The SMILES string of the molecule is O=C(O)c1ccc(/C=C2\SC(=O)N(Cc3cccc(C(F)(F)F)c3)C2=O)cc1. The van der Waals surface area contributed by atoms with Gasteiger partial charge in [0.1, 0.15) is 0 Å². The summed E-state index contributed by atoms with van der Waals surface area (Å²) in [7, 11) is 0. The predicted molar refractivity (Wildman–Crippen MR) is 96.4 cm³/mol. The van der Waals surface area contributed by atoms with Crippen LogP contribution in [0.3, 0.4) is 0 Å². The number of hydrogen-bond donors (Lipinski definition) is 1. The summed E-state index contributed by atoms with van der Waals surface area (Å²) in [4.78, 5) is 36.5. The second-order valence-electron chi connectivity index (χ2n) is 5.89. The van der Waals surface area contributed by atoms with Crippen molar-refractivity contribution in [1.29, 1.82) is 0 Å². The standard InChI is InChI=1S/C19H12F3NO4S/c20-19(21,22)14-3-1-2-12(8-14)10-23-16(24)15(28-18(23)27)9-11-4-6-13(7-5-11)17(25)26/h1-9H,10H2,(H,25,26)/b15-9-. The lowest BCUT2D eigenvalue weighted by Gasteiger charge is -2.14. The Bertz CT molecular complexity index is 983. The van der Waals surface area contributed by atoms with E-state index in [2.05, 4.69) is 0 Å². The Kier molecular flexibility index (Phi) is 5.28. The Hall–Kier alpha value is -3.07. The van der Waals surface area contributed by atoms with E-state index < -0.39 is 28.9 Å². The van der Waals surface area contributed by atoms with E-state index in [1.807, 2.05) is 0 Å². The van der Waals surface area contributed by atoms with Crippen LogP contribution in [0.15, 0.2) is 53.4 Å². The van der Waals surface area contributed by atoms with Gasteiger partial charge in [-0.25, -0.2) is 4.79 Å². The molecule has 0 bridgehead atoms. The normalized spacial score (nSPS) is 16.1. The van der Waals surface area contributed by atoms with Crippen molar-refractivity contribution < 1.29 is 32.7 Å². The molecule has 1 heterocycles. The molecule has 0 aromatic heterocycles. The zero-order chi connectivity index (χ0) is 20.5. The smallest absolute Gasteiger partial charge is 0.416 e. The molecule has 1 N–H and O–H groups in total. The van der Waals surface area contributed by atoms with Gasteiger partial charge < -0.3 is 5.11 Å². The number of amides is 2. The van der Waals surface area contributed by atoms with E-state index in [-0.39, 0.29) is 22.6 Å². The number of rotatable bonds is 4. The Labute approximate surface area is 161 Å². The van der Waals surface area contributed by atoms with Gasteiger partial charge in [-0.2, -0.15) is 13.2 Å². The number of carboxylic acid groups (broad SMARTS) is 1. The fraction of sp³-hybridized carbons (Fsp3) is 0.105. The third kappa shape index (κ3) is 4.25. The number of carbonyl (C=O) groups excluding carboxylic acids is 2. The lowest BCUT2D eigenvalue weighted by Crippen LogP contribution is -2.27. The zero-order valence-corrected chi connectivity index (χ0v) is 14.9. The molecule has 0 saturated carbocycles. The van der Waals surface area contributed by atoms with Gasteiger partial charge in [-0.3, -0.25) is 14.5 Å². The summed E-state index contributed by atoms with van der Waals surface area (Å²) in [5.41, 5.74) is -0.0698. The number of thioether (sulfide) groups is 1. The molecule has 28 heavy (non-hydrogen) atoms. The monoisotopic (exact) mass is 407 g/mol. The minimum absolute atomic E-state index is 0.0785. The number of aromatic carboxylic acids is 1. The molecule has 0 spiro atoms. The Morgan fingerprint density at radius 2 is 1.79 bits per heavy atom. The molecule has 2 aromatic carbocycles. The van der Waals surface area contributed by atoms with Gasteiger partial charge in [0, 0.05) is 0 Å². The molecule has 1 aliphatic heterocycles. The van der Waals surface area contributed by atoms with Gasteiger partial charge in [0.05, 0.1) is 22.6 Å². The number of alkyl halides is 3. The fourth-order valence-corrected chi connectivity index (χ4v) is 3.38. The molecule has 0 aliphatic carbocycles. The van der Waals surface area contributed by atoms with Gasteiger partial charge in [0.2, 0.25) is 0 Å². The summed E-state index contributed by atoms with van der Waals surface area (Å²) in [6.07, 6.45) is -3.08. The van der Waals surface area contributed by atoms with Crippen LogP contribution in [0.25, 0.3) is 6.08 Å². The van der Waals surface area contributed by atoms with Crippen LogP contribution in [-0.2, 0) is 17.5 Å². The van der Waals surface area contributed by atoms with Gasteiger partial charge in [0.25, 0.3) is 11.1 Å². The van der Waals surface area contributed by atoms with Crippen LogP contribution in [0.5, 0.6) is 0 Å².